The molecule has 20 heavy (non-hydrogen) atoms. The summed E-state index contributed by atoms with van der Waals surface area (Å²) in [4.78, 5) is 9.12. The highest BCUT2D eigenvalue weighted by atomic mass is 15.2. The SMILES string of the molecule is Cc1cc(C)c(C#N)c(N(C)CC2CCN(C)CC2)n1. The van der Waals surface area contributed by atoms with E-state index in [0.717, 1.165) is 23.6 Å². The lowest BCUT2D eigenvalue weighted by Gasteiger charge is -2.32. The van der Waals surface area contributed by atoms with Crippen LogP contribution in [0.15, 0.2) is 6.07 Å². The van der Waals surface area contributed by atoms with E-state index in [4.69, 9.17) is 0 Å². The van der Waals surface area contributed by atoms with Crippen LogP contribution in [0.2, 0.25) is 0 Å². The molecular formula is C16H24N4. The molecule has 0 saturated carbocycles. The fraction of sp³-hybridized carbons (Fsp3) is 0.625. The van der Waals surface area contributed by atoms with Gasteiger partial charge >= 0.3 is 0 Å². The van der Waals surface area contributed by atoms with Crippen LogP contribution in [0.4, 0.5) is 5.82 Å². The molecule has 2 rings (SSSR count). The monoisotopic (exact) mass is 272 g/mol. The second-order valence-electron chi connectivity index (χ2n) is 6.02. The predicted molar refractivity (Wildman–Crippen MR) is 81.9 cm³/mol. The number of nitrogens with zero attached hydrogens (tertiary/aromatic N) is 4. The third kappa shape index (κ3) is 3.29. The van der Waals surface area contributed by atoms with Gasteiger partial charge in [-0.1, -0.05) is 0 Å². The second kappa shape index (κ2) is 6.23. The van der Waals surface area contributed by atoms with Crippen LogP contribution in [0.25, 0.3) is 0 Å². The molecule has 0 spiro atoms. The van der Waals surface area contributed by atoms with Gasteiger partial charge in [0.2, 0.25) is 0 Å². The summed E-state index contributed by atoms with van der Waals surface area (Å²) in [6.07, 6.45) is 2.46. The largest absolute Gasteiger partial charge is 0.358 e. The third-order valence-electron chi connectivity index (χ3n) is 4.17. The Morgan fingerprint density at radius 1 is 1.40 bits per heavy atom. The molecule has 4 heteroatoms. The summed E-state index contributed by atoms with van der Waals surface area (Å²) in [7, 11) is 4.24. The van der Waals surface area contributed by atoms with Gasteiger partial charge in [-0.3, -0.25) is 0 Å². The molecule has 108 valence electrons. The second-order valence-corrected chi connectivity index (χ2v) is 6.02. The van der Waals surface area contributed by atoms with Crippen LogP contribution in [-0.2, 0) is 0 Å². The van der Waals surface area contributed by atoms with Crippen molar-refractivity contribution in [1.29, 1.82) is 5.26 Å². The Bertz CT molecular complexity index is 510. The molecule has 4 nitrogen and oxygen atoms in total. The lowest BCUT2D eigenvalue weighted by atomic mass is 9.96. The van der Waals surface area contributed by atoms with Gasteiger partial charge in [-0.25, -0.2) is 4.98 Å². The van der Waals surface area contributed by atoms with Crippen molar-refractivity contribution in [3.8, 4) is 6.07 Å². The number of likely N-dealkylation sites (tertiary alicyclic amines) is 1. The molecule has 0 amide bonds. The van der Waals surface area contributed by atoms with Gasteiger partial charge in [0.25, 0.3) is 0 Å². The van der Waals surface area contributed by atoms with E-state index in [2.05, 4.69) is 34.9 Å². The first kappa shape index (κ1) is 14.8. The minimum Gasteiger partial charge on any atom is -0.358 e. The van der Waals surface area contributed by atoms with Gasteiger partial charge in [-0.05, 0) is 64.4 Å². The fourth-order valence-corrected chi connectivity index (χ4v) is 2.95. The van der Waals surface area contributed by atoms with E-state index in [9.17, 15) is 5.26 Å². The van der Waals surface area contributed by atoms with E-state index in [1.165, 1.54) is 25.9 Å². The molecule has 1 aromatic heterocycles. The lowest BCUT2D eigenvalue weighted by Crippen LogP contribution is -2.36. The Hall–Kier alpha value is -1.60. The maximum atomic E-state index is 9.36. The average Bonchev–Trinajstić information content (AvgIpc) is 2.40. The van der Waals surface area contributed by atoms with Crippen molar-refractivity contribution < 1.29 is 0 Å². The number of nitriles is 1. The Kier molecular flexibility index (Phi) is 4.61. The van der Waals surface area contributed by atoms with Gasteiger partial charge in [0.1, 0.15) is 11.9 Å². The number of rotatable bonds is 3. The number of anilines is 1. The standard InChI is InChI=1S/C16H24N4/c1-12-9-13(2)18-16(15(12)10-17)20(4)11-14-5-7-19(3)8-6-14/h9,14H,5-8,11H2,1-4H3. The lowest BCUT2D eigenvalue weighted by molar-refractivity contribution is 0.222. The smallest absolute Gasteiger partial charge is 0.146 e. The normalized spacial score (nSPS) is 16.9. The Labute approximate surface area is 122 Å². The molecule has 1 fully saturated rings. The fourth-order valence-electron chi connectivity index (χ4n) is 2.95. The van der Waals surface area contributed by atoms with Crippen molar-refractivity contribution >= 4 is 5.82 Å². The molecule has 1 aliphatic rings. The van der Waals surface area contributed by atoms with Crippen LogP contribution in [-0.4, -0.2) is 43.6 Å². The quantitative estimate of drug-likeness (QED) is 0.847. The first-order chi connectivity index (χ1) is 9.51. The van der Waals surface area contributed by atoms with Crippen LogP contribution >= 0.6 is 0 Å². The van der Waals surface area contributed by atoms with E-state index in [1.807, 2.05) is 19.9 Å². The molecule has 0 unspecified atom stereocenters. The number of pyridine rings is 1. The van der Waals surface area contributed by atoms with Crippen molar-refractivity contribution in [1.82, 2.24) is 9.88 Å². The molecule has 0 aromatic carbocycles. The first-order valence-corrected chi connectivity index (χ1v) is 7.29. The topological polar surface area (TPSA) is 43.2 Å². The van der Waals surface area contributed by atoms with Crippen molar-refractivity contribution in [2.24, 2.45) is 5.92 Å². The maximum absolute atomic E-state index is 9.36. The summed E-state index contributed by atoms with van der Waals surface area (Å²) in [5.74, 6) is 1.54. The first-order valence-electron chi connectivity index (χ1n) is 7.29. The minimum atomic E-state index is 0.699. The number of aryl methyl sites for hydroxylation is 2. The summed E-state index contributed by atoms with van der Waals surface area (Å²) in [6, 6.07) is 4.28. The summed E-state index contributed by atoms with van der Waals surface area (Å²) < 4.78 is 0. The number of hydrogen-bond acceptors (Lipinski definition) is 4. The van der Waals surface area contributed by atoms with Crippen LogP contribution in [0.1, 0.15) is 29.7 Å². The highest BCUT2D eigenvalue weighted by molar-refractivity contribution is 5.57. The Balaban J connectivity index is 2.13. The molecule has 0 bridgehead atoms. The van der Waals surface area contributed by atoms with Crippen LogP contribution in [0.3, 0.4) is 0 Å². The van der Waals surface area contributed by atoms with E-state index in [1.54, 1.807) is 0 Å². The third-order valence-corrected chi connectivity index (χ3v) is 4.17. The van der Waals surface area contributed by atoms with Gasteiger partial charge < -0.3 is 9.80 Å². The zero-order valence-electron chi connectivity index (χ0n) is 13.0. The summed E-state index contributed by atoms with van der Waals surface area (Å²) in [5, 5.41) is 9.36. The number of hydrogen-bond donors (Lipinski definition) is 0. The van der Waals surface area contributed by atoms with Crippen molar-refractivity contribution in [3.63, 3.8) is 0 Å². The van der Waals surface area contributed by atoms with Crippen LogP contribution < -0.4 is 4.90 Å². The summed E-state index contributed by atoms with van der Waals surface area (Å²) >= 11 is 0. The molecule has 1 saturated heterocycles. The van der Waals surface area contributed by atoms with E-state index < -0.39 is 0 Å². The average molecular weight is 272 g/mol. The van der Waals surface area contributed by atoms with E-state index in [0.29, 0.717) is 11.5 Å². The zero-order valence-corrected chi connectivity index (χ0v) is 13.0. The van der Waals surface area contributed by atoms with Gasteiger partial charge in [0.05, 0.1) is 5.56 Å². The van der Waals surface area contributed by atoms with Crippen LogP contribution in [0.5, 0.6) is 0 Å². The number of piperidine rings is 1. The van der Waals surface area contributed by atoms with Gasteiger partial charge in [0, 0.05) is 19.3 Å². The molecule has 0 aliphatic carbocycles. The molecule has 0 radical (unpaired) electrons. The van der Waals surface area contributed by atoms with Crippen molar-refractivity contribution in [2.45, 2.75) is 26.7 Å². The molecule has 1 aliphatic heterocycles. The molecule has 0 N–H and O–H groups in total. The molecule has 2 heterocycles. The predicted octanol–water partition coefficient (Wildman–Crippen LogP) is 2.35. The van der Waals surface area contributed by atoms with Gasteiger partial charge in [-0.2, -0.15) is 5.26 Å². The highest BCUT2D eigenvalue weighted by Crippen LogP contribution is 2.24. The summed E-state index contributed by atoms with van der Waals surface area (Å²) in [5.41, 5.74) is 2.71. The molecule has 0 atom stereocenters. The number of aromatic nitrogens is 1. The van der Waals surface area contributed by atoms with E-state index >= 15 is 0 Å². The summed E-state index contributed by atoms with van der Waals surface area (Å²) in [6.45, 7) is 7.30. The van der Waals surface area contributed by atoms with Gasteiger partial charge in [0.15, 0.2) is 0 Å². The highest BCUT2D eigenvalue weighted by Gasteiger charge is 2.20. The molecular weight excluding hydrogens is 248 g/mol. The Morgan fingerprint density at radius 3 is 2.65 bits per heavy atom. The molecule has 1 aromatic rings. The van der Waals surface area contributed by atoms with Gasteiger partial charge in [-0.15, -0.1) is 0 Å². The van der Waals surface area contributed by atoms with Crippen LogP contribution in [0, 0.1) is 31.1 Å². The van der Waals surface area contributed by atoms with E-state index in [-0.39, 0.29) is 0 Å². The van der Waals surface area contributed by atoms with Crippen molar-refractivity contribution in [2.75, 3.05) is 38.6 Å². The minimum absolute atomic E-state index is 0.699. The zero-order chi connectivity index (χ0) is 14.7. The Morgan fingerprint density at radius 2 is 2.05 bits per heavy atom. The maximum Gasteiger partial charge on any atom is 0.146 e. The van der Waals surface area contributed by atoms with Crippen molar-refractivity contribution in [3.05, 3.63) is 22.9 Å².